The van der Waals surface area contributed by atoms with Gasteiger partial charge in [0.1, 0.15) is 5.76 Å². The minimum Gasteiger partial charge on any atom is -0.467 e. The van der Waals surface area contributed by atoms with Crippen LogP contribution in [0.15, 0.2) is 50.4 Å². The number of carbonyl (C=O) groups is 1. The first-order valence-corrected chi connectivity index (χ1v) is 7.84. The van der Waals surface area contributed by atoms with E-state index in [1.165, 1.54) is 24.5 Å². The second-order valence-electron chi connectivity index (χ2n) is 3.98. The second-order valence-corrected chi connectivity index (χ2v) is 6.46. The van der Waals surface area contributed by atoms with Gasteiger partial charge in [-0.1, -0.05) is 15.9 Å². The number of amides is 1. The fraction of sp³-hybridized carbons (Fsp3) is 0.0833. The van der Waals surface area contributed by atoms with Crippen LogP contribution in [0.5, 0.6) is 0 Å². The molecule has 0 aliphatic carbocycles. The third-order valence-electron chi connectivity index (χ3n) is 2.47. The van der Waals surface area contributed by atoms with Gasteiger partial charge in [-0.2, -0.15) is 0 Å². The van der Waals surface area contributed by atoms with E-state index in [0.717, 1.165) is 0 Å². The molecule has 0 aliphatic rings. The van der Waals surface area contributed by atoms with Crippen LogP contribution in [0.3, 0.4) is 0 Å². The molecular formula is C12H11BrN2O4S. The summed E-state index contributed by atoms with van der Waals surface area (Å²) in [5.74, 6) is 0.174. The van der Waals surface area contributed by atoms with Crippen LogP contribution in [0.2, 0.25) is 0 Å². The number of nitrogens with one attached hydrogen (secondary N) is 1. The number of nitrogens with two attached hydrogens (primary N) is 1. The summed E-state index contributed by atoms with van der Waals surface area (Å²) >= 11 is 3.15. The number of benzene rings is 1. The van der Waals surface area contributed by atoms with Crippen LogP contribution in [-0.2, 0) is 16.6 Å². The Kier molecular flexibility index (Phi) is 4.26. The molecule has 6 nitrogen and oxygen atoms in total. The number of hydrogen-bond donors (Lipinski definition) is 2. The fourth-order valence-corrected chi connectivity index (χ4v) is 2.77. The van der Waals surface area contributed by atoms with Crippen LogP contribution < -0.4 is 10.5 Å². The molecule has 0 spiro atoms. The van der Waals surface area contributed by atoms with Gasteiger partial charge >= 0.3 is 0 Å². The molecule has 1 amide bonds. The molecular weight excluding hydrogens is 348 g/mol. The SMILES string of the molecule is NS(=O)(=O)c1cc(Br)cc(C(=O)NCc2ccco2)c1. The topological polar surface area (TPSA) is 102 Å². The third kappa shape index (κ3) is 3.69. The van der Waals surface area contributed by atoms with Crippen molar-refractivity contribution in [3.05, 3.63) is 52.4 Å². The summed E-state index contributed by atoms with van der Waals surface area (Å²) in [6.07, 6.45) is 1.50. The zero-order valence-corrected chi connectivity index (χ0v) is 12.6. The van der Waals surface area contributed by atoms with Crippen LogP contribution in [0.1, 0.15) is 16.1 Å². The number of primary sulfonamides is 1. The molecule has 1 aromatic heterocycles. The standard InChI is InChI=1S/C12H11BrN2O4S/c13-9-4-8(5-11(6-9)20(14,17)18)12(16)15-7-10-2-1-3-19-10/h1-6H,7H2,(H,15,16)(H2,14,17,18). The lowest BCUT2D eigenvalue weighted by atomic mass is 10.2. The maximum absolute atomic E-state index is 12.0. The molecule has 106 valence electrons. The van der Waals surface area contributed by atoms with Crippen LogP contribution in [0.25, 0.3) is 0 Å². The van der Waals surface area contributed by atoms with Crippen molar-refractivity contribution in [3.63, 3.8) is 0 Å². The molecule has 3 N–H and O–H groups in total. The molecule has 2 rings (SSSR count). The summed E-state index contributed by atoms with van der Waals surface area (Å²) in [4.78, 5) is 11.8. The predicted octanol–water partition coefficient (Wildman–Crippen LogP) is 1.62. The molecule has 0 saturated carbocycles. The Bertz CT molecular complexity index is 726. The number of hydrogen-bond acceptors (Lipinski definition) is 4. The van der Waals surface area contributed by atoms with Crippen molar-refractivity contribution in [2.24, 2.45) is 5.14 Å². The van der Waals surface area contributed by atoms with Crippen molar-refractivity contribution in [3.8, 4) is 0 Å². The number of halogens is 1. The average Bonchev–Trinajstić information content (AvgIpc) is 2.87. The Morgan fingerprint density at radius 2 is 2.10 bits per heavy atom. The largest absolute Gasteiger partial charge is 0.467 e. The highest BCUT2D eigenvalue weighted by Crippen LogP contribution is 2.18. The van der Waals surface area contributed by atoms with Gasteiger partial charge in [-0.05, 0) is 30.3 Å². The summed E-state index contributed by atoms with van der Waals surface area (Å²) in [5, 5.41) is 7.67. The van der Waals surface area contributed by atoms with Crippen LogP contribution in [0, 0.1) is 0 Å². The smallest absolute Gasteiger partial charge is 0.251 e. The first-order chi connectivity index (χ1) is 9.36. The first kappa shape index (κ1) is 14.8. The van der Waals surface area contributed by atoms with Crippen LogP contribution in [0.4, 0.5) is 0 Å². The van der Waals surface area contributed by atoms with Gasteiger partial charge in [0.05, 0.1) is 17.7 Å². The lowest BCUT2D eigenvalue weighted by molar-refractivity contribution is 0.0947. The zero-order chi connectivity index (χ0) is 14.8. The van der Waals surface area contributed by atoms with E-state index in [1.54, 1.807) is 12.1 Å². The molecule has 0 unspecified atom stereocenters. The molecule has 2 aromatic rings. The van der Waals surface area contributed by atoms with Crippen LogP contribution >= 0.6 is 15.9 Å². The van der Waals surface area contributed by atoms with E-state index in [1.807, 2.05) is 0 Å². The summed E-state index contributed by atoms with van der Waals surface area (Å²) in [5.41, 5.74) is 0.190. The number of sulfonamides is 1. The Balaban J connectivity index is 2.19. The van der Waals surface area contributed by atoms with E-state index >= 15 is 0 Å². The Hall–Kier alpha value is -1.64. The van der Waals surface area contributed by atoms with Gasteiger partial charge in [0, 0.05) is 10.0 Å². The molecule has 1 aromatic carbocycles. The Morgan fingerprint density at radius 1 is 1.35 bits per heavy atom. The van der Waals surface area contributed by atoms with Gasteiger partial charge in [-0.15, -0.1) is 0 Å². The summed E-state index contributed by atoms with van der Waals surface area (Å²) < 4.78 is 28.2. The second kappa shape index (κ2) is 5.78. The maximum Gasteiger partial charge on any atom is 0.251 e. The fourth-order valence-electron chi connectivity index (χ4n) is 1.54. The Labute approximate surface area is 124 Å². The van der Waals surface area contributed by atoms with Gasteiger partial charge in [-0.25, -0.2) is 13.6 Å². The van der Waals surface area contributed by atoms with E-state index in [2.05, 4.69) is 21.2 Å². The number of furan rings is 1. The lowest BCUT2D eigenvalue weighted by Gasteiger charge is -2.06. The monoisotopic (exact) mass is 358 g/mol. The maximum atomic E-state index is 12.0. The Morgan fingerprint density at radius 3 is 2.70 bits per heavy atom. The van der Waals surface area contributed by atoms with E-state index in [4.69, 9.17) is 9.56 Å². The molecule has 1 heterocycles. The number of rotatable bonds is 4. The highest BCUT2D eigenvalue weighted by atomic mass is 79.9. The summed E-state index contributed by atoms with van der Waals surface area (Å²) in [6.45, 7) is 0.211. The highest BCUT2D eigenvalue weighted by molar-refractivity contribution is 9.10. The normalized spacial score (nSPS) is 11.3. The van der Waals surface area contributed by atoms with E-state index in [0.29, 0.717) is 10.2 Å². The quantitative estimate of drug-likeness (QED) is 0.866. The van der Waals surface area contributed by atoms with Gasteiger partial charge in [0.2, 0.25) is 10.0 Å². The van der Waals surface area contributed by atoms with Crippen molar-refractivity contribution in [2.45, 2.75) is 11.4 Å². The van der Waals surface area contributed by atoms with Gasteiger partial charge in [0.15, 0.2) is 0 Å². The molecule has 20 heavy (non-hydrogen) atoms. The number of carbonyl (C=O) groups excluding carboxylic acids is 1. The molecule has 0 bridgehead atoms. The minimum atomic E-state index is -3.87. The molecule has 0 fully saturated rings. The van der Waals surface area contributed by atoms with Gasteiger partial charge in [0.25, 0.3) is 5.91 Å². The summed E-state index contributed by atoms with van der Waals surface area (Å²) in [6, 6.07) is 7.49. The average molecular weight is 359 g/mol. The van der Waals surface area contributed by atoms with Gasteiger partial charge in [-0.3, -0.25) is 4.79 Å². The predicted molar refractivity (Wildman–Crippen MR) is 75.4 cm³/mol. The molecule has 0 atom stereocenters. The van der Waals surface area contributed by atoms with Gasteiger partial charge < -0.3 is 9.73 Å². The molecule has 0 aliphatic heterocycles. The van der Waals surface area contributed by atoms with Crippen LogP contribution in [-0.4, -0.2) is 14.3 Å². The molecule has 0 saturated heterocycles. The molecule has 0 radical (unpaired) electrons. The zero-order valence-electron chi connectivity index (χ0n) is 10.2. The van der Waals surface area contributed by atoms with Crippen molar-refractivity contribution in [1.29, 1.82) is 0 Å². The summed E-state index contributed by atoms with van der Waals surface area (Å²) in [7, 11) is -3.87. The third-order valence-corrected chi connectivity index (χ3v) is 3.82. The van der Waals surface area contributed by atoms with Crippen molar-refractivity contribution >= 4 is 31.9 Å². The highest BCUT2D eigenvalue weighted by Gasteiger charge is 2.14. The molecule has 8 heteroatoms. The first-order valence-electron chi connectivity index (χ1n) is 5.50. The lowest BCUT2D eigenvalue weighted by Crippen LogP contribution is -2.23. The minimum absolute atomic E-state index is 0.130. The van der Waals surface area contributed by atoms with Crippen molar-refractivity contribution in [1.82, 2.24) is 5.32 Å². The van der Waals surface area contributed by atoms with Crippen molar-refractivity contribution < 1.29 is 17.6 Å². The van der Waals surface area contributed by atoms with E-state index in [9.17, 15) is 13.2 Å². The van der Waals surface area contributed by atoms with Crippen molar-refractivity contribution in [2.75, 3.05) is 0 Å². The van der Waals surface area contributed by atoms with E-state index < -0.39 is 15.9 Å². The van der Waals surface area contributed by atoms with E-state index in [-0.39, 0.29) is 17.0 Å².